The van der Waals surface area contributed by atoms with Crippen molar-refractivity contribution < 1.29 is 19.1 Å². The van der Waals surface area contributed by atoms with E-state index in [1.807, 2.05) is 24.3 Å². The first-order valence-electron chi connectivity index (χ1n) is 9.66. The van der Waals surface area contributed by atoms with E-state index in [9.17, 15) is 9.59 Å². The first kappa shape index (κ1) is 20.7. The van der Waals surface area contributed by atoms with E-state index >= 15 is 0 Å². The Morgan fingerprint density at radius 3 is 2.34 bits per heavy atom. The molecule has 1 unspecified atom stereocenters. The molecule has 6 nitrogen and oxygen atoms in total. The Kier molecular flexibility index (Phi) is 5.82. The van der Waals surface area contributed by atoms with Gasteiger partial charge in [0.15, 0.2) is 0 Å². The first-order valence-corrected chi connectivity index (χ1v) is 9.66. The Labute approximate surface area is 171 Å². The molecule has 0 bridgehead atoms. The number of nitrogens with one attached hydrogen (secondary N) is 1. The van der Waals surface area contributed by atoms with E-state index < -0.39 is 5.92 Å². The molecule has 29 heavy (non-hydrogen) atoms. The standard InChI is InChI=1S/C23H28N2O4/c1-23(2,3)16-6-8-17(9-7-16)24-22(27)15-12-21(26)25(14-15)19-11-10-18(28-4)13-20(19)29-5/h6-11,13,15H,12,14H2,1-5H3,(H,24,27). The number of carbonyl (C=O) groups excluding carboxylic acids is 2. The van der Waals surface area contributed by atoms with Crippen molar-refractivity contribution in [2.45, 2.75) is 32.6 Å². The van der Waals surface area contributed by atoms with Gasteiger partial charge in [0, 0.05) is 24.7 Å². The smallest absolute Gasteiger partial charge is 0.229 e. The van der Waals surface area contributed by atoms with Crippen LogP contribution >= 0.6 is 0 Å². The predicted octanol–water partition coefficient (Wildman–Crippen LogP) is 3.99. The van der Waals surface area contributed by atoms with Gasteiger partial charge in [0.05, 0.1) is 25.8 Å². The zero-order valence-electron chi connectivity index (χ0n) is 17.6. The van der Waals surface area contributed by atoms with Gasteiger partial charge < -0.3 is 19.7 Å². The Morgan fingerprint density at radius 2 is 1.76 bits per heavy atom. The Morgan fingerprint density at radius 1 is 1.07 bits per heavy atom. The Hall–Kier alpha value is -3.02. The van der Waals surface area contributed by atoms with Crippen molar-refractivity contribution in [1.29, 1.82) is 0 Å². The highest BCUT2D eigenvalue weighted by Gasteiger charge is 2.36. The number of rotatable bonds is 5. The maximum Gasteiger partial charge on any atom is 0.229 e. The van der Waals surface area contributed by atoms with E-state index in [1.165, 1.54) is 5.56 Å². The first-order chi connectivity index (χ1) is 13.7. The third-order valence-electron chi connectivity index (χ3n) is 5.19. The van der Waals surface area contributed by atoms with Crippen molar-refractivity contribution in [2.24, 2.45) is 5.92 Å². The van der Waals surface area contributed by atoms with E-state index in [4.69, 9.17) is 9.47 Å². The summed E-state index contributed by atoms with van der Waals surface area (Å²) in [6.45, 7) is 6.75. The maximum atomic E-state index is 12.7. The number of nitrogens with zero attached hydrogens (tertiary/aromatic N) is 1. The Bertz CT molecular complexity index is 900. The van der Waals surface area contributed by atoms with Gasteiger partial charge in [-0.05, 0) is 35.2 Å². The molecule has 3 rings (SSSR count). The number of methoxy groups -OCH3 is 2. The van der Waals surface area contributed by atoms with Crippen LogP contribution in [0.25, 0.3) is 0 Å². The molecule has 1 fully saturated rings. The van der Waals surface area contributed by atoms with Crippen molar-refractivity contribution in [3.63, 3.8) is 0 Å². The molecule has 2 amide bonds. The maximum absolute atomic E-state index is 12.7. The molecule has 0 spiro atoms. The minimum absolute atomic E-state index is 0.0539. The lowest BCUT2D eigenvalue weighted by Crippen LogP contribution is -2.28. The van der Waals surface area contributed by atoms with Gasteiger partial charge in [0.1, 0.15) is 11.5 Å². The highest BCUT2D eigenvalue weighted by Crippen LogP contribution is 2.36. The van der Waals surface area contributed by atoms with Crippen molar-refractivity contribution >= 4 is 23.2 Å². The van der Waals surface area contributed by atoms with Crippen LogP contribution in [-0.2, 0) is 15.0 Å². The van der Waals surface area contributed by atoms with Gasteiger partial charge in [-0.3, -0.25) is 9.59 Å². The van der Waals surface area contributed by atoms with Crippen molar-refractivity contribution in [3.05, 3.63) is 48.0 Å². The third-order valence-corrected chi connectivity index (χ3v) is 5.19. The summed E-state index contributed by atoms with van der Waals surface area (Å²) in [6.07, 6.45) is 0.168. The molecule has 1 N–H and O–H groups in total. The molecule has 1 aliphatic heterocycles. The average molecular weight is 396 g/mol. The highest BCUT2D eigenvalue weighted by molar-refractivity contribution is 6.04. The van der Waals surface area contributed by atoms with E-state index in [0.717, 1.165) is 5.69 Å². The van der Waals surface area contributed by atoms with Gasteiger partial charge >= 0.3 is 0 Å². The van der Waals surface area contributed by atoms with E-state index in [2.05, 4.69) is 26.1 Å². The summed E-state index contributed by atoms with van der Waals surface area (Å²) >= 11 is 0. The summed E-state index contributed by atoms with van der Waals surface area (Å²) in [4.78, 5) is 26.9. The molecule has 0 aromatic heterocycles. The molecule has 6 heteroatoms. The zero-order valence-corrected chi connectivity index (χ0v) is 17.6. The molecule has 2 aromatic rings. The van der Waals surface area contributed by atoms with Crippen LogP contribution in [0.2, 0.25) is 0 Å². The summed E-state index contributed by atoms with van der Waals surface area (Å²) in [7, 11) is 3.12. The number of anilines is 2. The van der Waals surface area contributed by atoms with E-state index in [-0.39, 0.29) is 23.7 Å². The topological polar surface area (TPSA) is 67.9 Å². The largest absolute Gasteiger partial charge is 0.497 e. The number of carbonyl (C=O) groups is 2. The minimum Gasteiger partial charge on any atom is -0.497 e. The predicted molar refractivity (Wildman–Crippen MR) is 114 cm³/mol. The fourth-order valence-electron chi connectivity index (χ4n) is 3.42. The second kappa shape index (κ2) is 8.15. The third kappa shape index (κ3) is 4.53. The number of amides is 2. The van der Waals surface area contributed by atoms with Crippen LogP contribution in [0.5, 0.6) is 11.5 Å². The van der Waals surface area contributed by atoms with Gasteiger partial charge in [0.2, 0.25) is 11.8 Å². The van der Waals surface area contributed by atoms with Gasteiger partial charge in [-0.1, -0.05) is 32.9 Å². The van der Waals surface area contributed by atoms with Crippen molar-refractivity contribution in [3.8, 4) is 11.5 Å². The van der Waals surface area contributed by atoms with Crippen LogP contribution in [0.15, 0.2) is 42.5 Å². The van der Waals surface area contributed by atoms with Crippen LogP contribution < -0.4 is 19.7 Å². The lowest BCUT2D eigenvalue weighted by atomic mass is 9.87. The van der Waals surface area contributed by atoms with Crippen molar-refractivity contribution in [2.75, 3.05) is 31.0 Å². The second-order valence-corrected chi connectivity index (χ2v) is 8.26. The number of ether oxygens (including phenoxy) is 2. The van der Waals surface area contributed by atoms with Crippen LogP contribution in [0.3, 0.4) is 0 Å². The highest BCUT2D eigenvalue weighted by atomic mass is 16.5. The van der Waals surface area contributed by atoms with Gasteiger partial charge in [0.25, 0.3) is 0 Å². The molecule has 2 aromatic carbocycles. The number of hydrogen-bond acceptors (Lipinski definition) is 4. The van der Waals surface area contributed by atoms with Gasteiger partial charge in [-0.25, -0.2) is 0 Å². The summed E-state index contributed by atoms with van der Waals surface area (Å²) in [6, 6.07) is 13.1. The summed E-state index contributed by atoms with van der Waals surface area (Å²) in [5, 5.41) is 2.93. The average Bonchev–Trinajstić information content (AvgIpc) is 3.08. The monoisotopic (exact) mass is 396 g/mol. The van der Waals surface area contributed by atoms with Gasteiger partial charge in [-0.15, -0.1) is 0 Å². The number of hydrogen-bond donors (Lipinski definition) is 1. The van der Waals surface area contributed by atoms with E-state index in [1.54, 1.807) is 37.3 Å². The fraction of sp³-hybridized carbons (Fsp3) is 0.391. The lowest BCUT2D eigenvalue weighted by Gasteiger charge is -2.20. The molecular formula is C23H28N2O4. The molecular weight excluding hydrogens is 368 g/mol. The normalized spacial score (nSPS) is 16.7. The van der Waals surface area contributed by atoms with Crippen LogP contribution in [0, 0.1) is 5.92 Å². The zero-order chi connectivity index (χ0) is 21.2. The molecule has 1 aliphatic rings. The Balaban J connectivity index is 1.71. The number of benzene rings is 2. The molecule has 154 valence electrons. The lowest BCUT2D eigenvalue weighted by molar-refractivity contribution is -0.122. The second-order valence-electron chi connectivity index (χ2n) is 8.26. The fourth-order valence-corrected chi connectivity index (χ4v) is 3.42. The molecule has 0 radical (unpaired) electrons. The van der Waals surface area contributed by atoms with Crippen LogP contribution in [0.1, 0.15) is 32.8 Å². The van der Waals surface area contributed by atoms with Crippen molar-refractivity contribution in [1.82, 2.24) is 0 Å². The molecule has 1 saturated heterocycles. The SMILES string of the molecule is COc1ccc(N2CC(C(=O)Nc3ccc(C(C)(C)C)cc3)CC2=O)c(OC)c1. The molecule has 0 saturated carbocycles. The van der Waals surface area contributed by atoms with Crippen LogP contribution in [-0.4, -0.2) is 32.6 Å². The summed E-state index contributed by atoms with van der Waals surface area (Å²) in [5.41, 5.74) is 2.63. The van der Waals surface area contributed by atoms with Crippen LogP contribution in [0.4, 0.5) is 11.4 Å². The molecule has 0 aliphatic carbocycles. The molecule has 1 heterocycles. The van der Waals surface area contributed by atoms with Gasteiger partial charge in [-0.2, -0.15) is 0 Å². The van der Waals surface area contributed by atoms with E-state index in [0.29, 0.717) is 23.7 Å². The summed E-state index contributed by atoms with van der Waals surface area (Å²) in [5.74, 6) is 0.506. The summed E-state index contributed by atoms with van der Waals surface area (Å²) < 4.78 is 10.6. The molecule has 1 atom stereocenters. The minimum atomic E-state index is -0.420. The quantitative estimate of drug-likeness (QED) is 0.830.